The minimum absolute atomic E-state index is 0.106. The first-order valence-corrected chi connectivity index (χ1v) is 8.21. The summed E-state index contributed by atoms with van der Waals surface area (Å²) in [4.78, 5) is 12.3. The highest BCUT2D eigenvalue weighted by Gasteiger charge is 2.13. The van der Waals surface area contributed by atoms with Gasteiger partial charge in [0.2, 0.25) is 0 Å². The van der Waals surface area contributed by atoms with Crippen LogP contribution in [0.1, 0.15) is 36.7 Å². The summed E-state index contributed by atoms with van der Waals surface area (Å²) >= 11 is 0. The highest BCUT2D eigenvalue weighted by atomic mass is 16.1. The lowest BCUT2D eigenvalue weighted by molar-refractivity contribution is -0.112. The Morgan fingerprint density at radius 2 is 2.00 bits per heavy atom. The van der Waals surface area contributed by atoms with Crippen LogP contribution in [0.3, 0.4) is 0 Å². The minimum Gasteiger partial charge on any atom is -0.349 e. The second kappa shape index (κ2) is 8.16. The molecule has 2 rings (SSSR count). The molecule has 1 aromatic heterocycles. The third kappa shape index (κ3) is 4.14. The van der Waals surface area contributed by atoms with Crippen LogP contribution in [-0.4, -0.2) is 10.5 Å². The molecular formula is C20H23N3O. The van der Waals surface area contributed by atoms with Crippen LogP contribution in [0.5, 0.6) is 0 Å². The van der Waals surface area contributed by atoms with E-state index in [0.717, 1.165) is 36.3 Å². The number of aryl methyl sites for hydroxylation is 1. The number of nitriles is 1. The molecule has 0 fully saturated rings. The molecule has 4 nitrogen and oxygen atoms in total. The fourth-order valence-corrected chi connectivity index (χ4v) is 2.66. The Labute approximate surface area is 143 Å². The molecule has 4 heteroatoms. The van der Waals surface area contributed by atoms with E-state index in [9.17, 15) is 10.1 Å². The van der Waals surface area contributed by atoms with Gasteiger partial charge in [0.25, 0.3) is 5.91 Å². The van der Waals surface area contributed by atoms with Crippen molar-refractivity contribution in [3.8, 4) is 6.07 Å². The number of carbonyl (C=O) groups is 1. The van der Waals surface area contributed by atoms with Crippen molar-refractivity contribution < 1.29 is 4.79 Å². The van der Waals surface area contributed by atoms with Crippen LogP contribution in [0.15, 0.2) is 42.0 Å². The van der Waals surface area contributed by atoms with Crippen molar-refractivity contribution >= 4 is 17.7 Å². The minimum atomic E-state index is -0.387. The molecule has 24 heavy (non-hydrogen) atoms. The Hall–Kier alpha value is -2.80. The van der Waals surface area contributed by atoms with Crippen LogP contribution in [0.4, 0.5) is 5.69 Å². The van der Waals surface area contributed by atoms with Gasteiger partial charge in [-0.25, -0.2) is 0 Å². The van der Waals surface area contributed by atoms with Crippen LogP contribution in [0.2, 0.25) is 0 Å². The van der Waals surface area contributed by atoms with Crippen molar-refractivity contribution in [1.82, 2.24) is 4.57 Å². The molecule has 0 atom stereocenters. The van der Waals surface area contributed by atoms with E-state index in [2.05, 4.69) is 23.7 Å². The summed E-state index contributed by atoms with van der Waals surface area (Å²) in [6.45, 7) is 7.20. The number of benzene rings is 1. The monoisotopic (exact) mass is 321 g/mol. The predicted molar refractivity (Wildman–Crippen MR) is 97.5 cm³/mol. The van der Waals surface area contributed by atoms with E-state index < -0.39 is 0 Å². The van der Waals surface area contributed by atoms with E-state index >= 15 is 0 Å². The number of hydrogen-bond donors (Lipinski definition) is 1. The second-order valence-corrected chi connectivity index (χ2v) is 5.82. The zero-order chi connectivity index (χ0) is 17.5. The number of rotatable bonds is 6. The molecule has 0 unspecified atom stereocenters. The SMILES string of the molecule is CCCCn1c(C)cc(/C=C(\C#N)C(=O)Nc2ccccc2)c1C. The van der Waals surface area contributed by atoms with Crippen molar-refractivity contribution in [2.24, 2.45) is 0 Å². The average Bonchev–Trinajstić information content (AvgIpc) is 2.85. The van der Waals surface area contributed by atoms with Gasteiger partial charge in [-0.05, 0) is 50.1 Å². The van der Waals surface area contributed by atoms with E-state index in [-0.39, 0.29) is 11.5 Å². The molecule has 124 valence electrons. The lowest BCUT2D eigenvalue weighted by Crippen LogP contribution is -2.13. The summed E-state index contributed by atoms with van der Waals surface area (Å²) in [5.41, 5.74) is 3.93. The van der Waals surface area contributed by atoms with Crippen molar-refractivity contribution in [3.05, 3.63) is 58.9 Å². The molecule has 0 bridgehead atoms. The lowest BCUT2D eigenvalue weighted by atomic mass is 10.1. The van der Waals surface area contributed by atoms with E-state index in [4.69, 9.17) is 0 Å². The predicted octanol–water partition coefficient (Wildman–Crippen LogP) is 4.45. The molecule has 1 amide bonds. The third-order valence-electron chi connectivity index (χ3n) is 4.04. The maximum absolute atomic E-state index is 12.3. The maximum atomic E-state index is 12.3. The normalized spacial score (nSPS) is 11.2. The molecule has 2 aromatic rings. The molecule has 1 heterocycles. The largest absolute Gasteiger partial charge is 0.349 e. The summed E-state index contributed by atoms with van der Waals surface area (Å²) < 4.78 is 2.24. The molecule has 0 saturated heterocycles. The quantitative estimate of drug-likeness (QED) is 0.631. The molecule has 0 aliphatic carbocycles. The topological polar surface area (TPSA) is 57.8 Å². The van der Waals surface area contributed by atoms with Gasteiger partial charge in [0.05, 0.1) is 0 Å². The Morgan fingerprint density at radius 3 is 2.62 bits per heavy atom. The molecule has 1 aromatic carbocycles. The highest BCUT2D eigenvalue weighted by Crippen LogP contribution is 2.19. The standard InChI is InChI=1S/C20H23N3O/c1-4-5-11-23-15(2)12-17(16(23)3)13-18(14-21)20(24)22-19-9-7-6-8-10-19/h6-10,12-13H,4-5,11H2,1-3H3,(H,22,24)/b18-13+. The zero-order valence-electron chi connectivity index (χ0n) is 14.5. The smallest absolute Gasteiger partial charge is 0.266 e. The average molecular weight is 321 g/mol. The van der Waals surface area contributed by atoms with Gasteiger partial charge >= 0.3 is 0 Å². The highest BCUT2D eigenvalue weighted by molar-refractivity contribution is 6.09. The van der Waals surface area contributed by atoms with Crippen molar-refractivity contribution in [2.45, 2.75) is 40.2 Å². The number of para-hydroxylation sites is 1. The van der Waals surface area contributed by atoms with Gasteiger partial charge in [-0.2, -0.15) is 5.26 Å². The second-order valence-electron chi connectivity index (χ2n) is 5.82. The van der Waals surface area contributed by atoms with E-state index in [1.54, 1.807) is 18.2 Å². The summed E-state index contributed by atoms with van der Waals surface area (Å²) in [5, 5.41) is 12.1. The first kappa shape index (κ1) is 17.6. The fourth-order valence-electron chi connectivity index (χ4n) is 2.66. The van der Waals surface area contributed by atoms with Gasteiger partial charge in [-0.3, -0.25) is 4.79 Å². The van der Waals surface area contributed by atoms with Crippen molar-refractivity contribution in [2.75, 3.05) is 5.32 Å². The maximum Gasteiger partial charge on any atom is 0.266 e. The first-order valence-electron chi connectivity index (χ1n) is 8.21. The fraction of sp³-hybridized carbons (Fsp3) is 0.300. The van der Waals surface area contributed by atoms with Crippen LogP contribution in [0, 0.1) is 25.2 Å². The molecule has 0 saturated carbocycles. The Bertz CT molecular complexity index is 779. The number of hydrogen-bond acceptors (Lipinski definition) is 2. The number of carbonyl (C=O) groups excluding carboxylic acids is 1. The molecule has 1 N–H and O–H groups in total. The van der Waals surface area contributed by atoms with Crippen LogP contribution in [-0.2, 0) is 11.3 Å². The van der Waals surface area contributed by atoms with E-state index in [1.807, 2.05) is 37.3 Å². The van der Waals surface area contributed by atoms with Gasteiger partial charge in [0.15, 0.2) is 0 Å². The van der Waals surface area contributed by atoms with Crippen molar-refractivity contribution in [3.63, 3.8) is 0 Å². The zero-order valence-corrected chi connectivity index (χ0v) is 14.5. The molecule has 0 radical (unpaired) electrons. The molecule has 0 aliphatic rings. The van der Waals surface area contributed by atoms with Crippen LogP contribution in [0.25, 0.3) is 6.08 Å². The molecular weight excluding hydrogens is 298 g/mol. The van der Waals surface area contributed by atoms with Crippen molar-refractivity contribution in [1.29, 1.82) is 5.26 Å². The lowest BCUT2D eigenvalue weighted by Gasteiger charge is -2.08. The van der Waals surface area contributed by atoms with Crippen LogP contribution >= 0.6 is 0 Å². The van der Waals surface area contributed by atoms with Gasteiger partial charge in [-0.1, -0.05) is 31.5 Å². The summed E-state index contributed by atoms with van der Waals surface area (Å²) in [6.07, 6.45) is 3.91. The Kier molecular flexibility index (Phi) is 5.97. The molecule has 0 aliphatic heterocycles. The number of nitrogens with zero attached hydrogens (tertiary/aromatic N) is 2. The van der Waals surface area contributed by atoms with Gasteiger partial charge in [0, 0.05) is 23.6 Å². The van der Waals surface area contributed by atoms with E-state index in [1.165, 1.54) is 0 Å². The number of anilines is 1. The Morgan fingerprint density at radius 1 is 1.29 bits per heavy atom. The molecule has 0 spiro atoms. The van der Waals surface area contributed by atoms with Gasteiger partial charge < -0.3 is 9.88 Å². The van der Waals surface area contributed by atoms with E-state index in [0.29, 0.717) is 5.69 Å². The summed E-state index contributed by atoms with van der Waals surface area (Å²) in [7, 11) is 0. The number of aromatic nitrogens is 1. The summed E-state index contributed by atoms with van der Waals surface area (Å²) in [6, 6.07) is 13.2. The summed E-state index contributed by atoms with van der Waals surface area (Å²) in [5.74, 6) is -0.387. The number of nitrogens with one attached hydrogen (secondary N) is 1. The first-order chi connectivity index (χ1) is 11.6. The van der Waals surface area contributed by atoms with Gasteiger partial charge in [0.1, 0.15) is 11.6 Å². The number of amides is 1. The third-order valence-corrected chi connectivity index (χ3v) is 4.04. The Balaban J connectivity index is 2.24. The number of unbranched alkanes of at least 4 members (excludes halogenated alkanes) is 1. The van der Waals surface area contributed by atoms with Gasteiger partial charge in [-0.15, -0.1) is 0 Å². The van der Waals surface area contributed by atoms with Crippen LogP contribution < -0.4 is 5.32 Å².